The van der Waals surface area contributed by atoms with Crippen LogP contribution in [0.3, 0.4) is 0 Å². The molecule has 0 rings (SSSR count). The summed E-state index contributed by atoms with van der Waals surface area (Å²) in [5.41, 5.74) is 3.70. The van der Waals surface area contributed by atoms with Crippen LogP contribution in [0.5, 0.6) is 0 Å². The molecule has 0 bridgehead atoms. The minimum absolute atomic E-state index is 0.162. The molecule has 2 nitrogen and oxygen atoms in total. The molecule has 0 spiro atoms. The van der Waals surface area contributed by atoms with Crippen molar-refractivity contribution < 1.29 is 4.84 Å². The van der Waals surface area contributed by atoms with E-state index in [0.29, 0.717) is 0 Å². The average Bonchev–Trinajstić information content (AvgIpc) is 1.82. The second-order valence-electron chi connectivity index (χ2n) is 2.07. The summed E-state index contributed by atoms with van der Waals surface area (Å²) >= 11 is 0. The summed E-state index contributed by atoms with van der Waals surface area (Å²) in [6.07, 6.45) is 1.13. The van der Waals surface area contributed by atoms with E-state index in [0.717, 1.165) is 12.0 Å². The molecular formula is C7H15NO. The number of hydroxylamine groups is 1. The third-order valence-corrected chi connectivity index (χ3v) is 1.18. The van der Waals surface area contributed by atoms with Crippen molar-refractivity contribution in [2.75, 3.05) is 7.05 Å². The fourth-order valence-electron chi connectivity index (χ4n) is 0.675. The van der Waals surface area contributed by atoms with Crippen molar-refractivity contribution >= 4 is 0 Å². The summed E-state index contributed by atoms with van der Waals surface area (Å²) < 4.78 is 0. The van der Waals surface area contributed by atoms with E-state index in [1.807, 2.05) is 6.92 Å². The van der Waals surface area contributed by atoms with Gasteiger partial charge in [-0.25, -0.2) is 5.48 Å². The van der Waals surface area contributed by atoms with E-state index in [4.69, 9.17) is 4.84 Å². The second-order valence-corrected chi connectivity index (χ2v) is 2.07. The zero-order chi connectivity index (χ0) is 7.28. The maximum absolute atomic E-state index is 5.10. The lowest BCUT2D eigenvalue weighted by Crippen LogP contribution is -2.20. The molecule has 0 aromatic heterocycles. The SMILES string of the molecule is C=C(C)C(CC)ONC. The van der Waals surface area contributed by atoms with Gasteiger partial charge < -0.3 is 0 Å². The summed E-state index contributed by atoms with van der Waals surface area (Å²) in [5, 5.41) is 0. The summed E-state index contributed by atoms with van der Waals surface area (Å²) in [5.74, 6) is 0. The Balaban J connectivity index is 3.54. The van der Waals surface area contributed by atoms with Gasteiger partial charge in [-0.05, 0) is 18.9 Å². The van der Waals surface area contributed by atoms with Crippen LogP contribution in [-0.4, -0.2) is 13.2 Å². The van der Waals surface area contributed by atoms with Gasteiger partial charge in [0, 0.05) is 7.05 Å². The number of rotatable bonds is 4. The van der Waals surface area contributed by atoms with E-state index in [1.165, 1.54) is 0 Å². The quantitative estimate of drug-likeness (QED) is 0.458. The molecule has 1 unspecified atom stereocenters. The average molecular weight is 129 g/mol. The maximum Gasteiger partial charge on any atom is 0.0992 e. The molecule has 0 heterocycles. The molecule has 2 heteroatoms. The van der Waals surface area contributed by atoms with Crippen LogP contribution < -0.4 is 5.48 Å². The van der Waals surface area contributed by atoms with Crippen molar-refractivity contribution in [1.82, 2.24) is 5.48 Å². The van der Waals surface area contributed by atoms with E-state index in [1.54, 1.807) is 7.05 Å². The van der Waals surface area contributed by atoms with Gasteiger partial charge in [-0.3, -0.25) is 4.84 Å². The zero-order valence-corrected chi connectivity index (χ0v) is 6.40. The number of nitrogens with one attached hydrogen (secondary N) is 1. The summed E-state index contributed by atoms with van der Waals surface area (Å²) in [4.78, 5) is 5.10. The van der Waals surface area contributed by atoms with Gasteiger partial charge in [-0.1, -0.05) is 13.5 Å². The van der Waals surface area contributed by atoms with E-state index in [2.05, 4.69) is 19.0 Å². The number of hydrogen-bond donors (Lipinski definition) is 1. The fraction of sp³-hybridized carbons (Fsp3) is 0.714. The van der Waals surface area contributed by atoms with Crippen molar-refractivity contribution in [3.8, 4) is 0 Å². The third-order valence-electron chi connectivity index (χ3n) is 1.18. The van der Waals surface area contributed by atoms with Crippen LogP contribution in [0.1, 0.15) is 20.3 Å². The summed E-state index contributed by atoms with van der Waals surface area (Å²) in [6.45, 7) is 7.81. The molecule has 54 valence electrons. The standard InChI is InChI=1S/C7H15NO/c1-5-7(6(2)3)9-8-4/h7-8H,2,5H2,1,3-4H3. The Kier molecular flexibility index (Phi) is 4.36. The van der Waals surface area contributed by atoms with Crippen LogP contribution in [0.15, 0.2) is 12.2 Å². The monoisotopic (exact) mass is 129 g/mol. The third kappa shape index (κ3) is 3.27. The normalized spacial score (nSPS) is 13.2. The molecule has 9 heavy (non-hydrogen) atoms. The van der Waals surface area contributed by atoms with Crippen LogP contribution >= 0.6 is 0 Å². The van der Waals surface area contributed by atoms with Crippen LogP contribution in [0.25, 0.3) is 0 Å². The lowest BCUT2D eigenvalue weighted by molar-refractivity contribution is 0.00731. The van der Waals surface area contributed by atoms with E-state index in [9.17, 15) is 0 Å². The van der Waals surface area contributed by atoms with E-state index >= 15 is 0 Å². The molecule has 0 aliphatic rings. The summed E-state index contributed by atoms with van der Waals surface area (Å²) in [7, 11) is 1.76. The molecule has 0 aromatic rings. The second kappa shape index (κ2) is 4.53. The highest BCUT2D eigenvalue weighted by atomic mass is 16.7. The van der Waals surface area contributed by atoms with Crippen LogP contribution in [0.4, 0.5) is 0 Å². The smallest absolute Gasteiger partial charge is 0.0992 e. The summed E-state index contributed by atoms with van der Waals surface area (Å²) in [6, 6.07) is 0. The predicted octanol–water partition coefficient (Wildman–Crippen LogP) is 1.49. The van der Waals surface area contributed by atoms with Gasteiger partial charge in [-0.2, -0.15) is 0 Å². The topological polar surface area (TPSA) is 21.3 Å². The van der Waals surface area contributed by atoms with Gasteiger partial charge in [0.1, 0.15) is 0 Å². The first-order valence-electron chi connectivity index (χ1n) is 3.20. The van der Waals surface area contributed by atoms with Crippen molar-refractivity contribution in [2.24, 2.45) is 0 Å². The molecule has 0 amide bonds. The zero-order valence-electron chi connectivity index (χ0n) is 6.40. The molecule has 0 aromatic carbocycles. The lowest BCUT2D eigenvalue weighted by Gasteiger charge is -2.13. The van der Waals surface area contributed by atoms with E-state index < -0.39 is 0 Å². The molecule has 0 radical (unpaired) electrons. The van der Waals surface area contributed by atoms with Gasteiger partial charge in [-0.15, -0.1) is 0 Å². The Morgan fingerprint density at radius 1 is 1.78 bits per heavy atom. The van der Waals surface area contributed by atoms with Gasteiger partial charge in [0.25, 0.3) is 0 Å². The Morgan fingerprint density at radius 2 is 2.33 bits per heavy atom. The fourth-order valence-corrected chi connectivity index (χ4v) is 0.675. The minimum atomic E-state index is 0.162. The first-order chi connectivity index (χ1) is 4.22. The van der Waals surface area contributed by atoms with Crippen LogP contribution in [0.2, 0.25) is 0 Å². The minimum Gasteiger partial charge on any atom is -0.294 e. The van der Waals surface area contributed by atoms with Crippen molar-refractivity contribution in [1.29, 1.82) is 0 Å². The lowest BCUT2D eigenvalue weighted by atomic mass is 10.1. The Labute approximate surface area is 56.9 Å². The molecule has 0 aliphatic heterocycles. The molecule has 1 N–H and O–H groups in total. The van der Waals surface area contributed by atoms with Crippen molar-refractivity contribution in [3.63, 3.8) is 0 Å². The molecule has 0 aliphatic carbocycles. The van der Waals surface area contributed by atoms with Gasteiger partial charge >= 0.3 is 0 Å². The van der Waals surface area contributed by atoms with Crippen LogP contribution in [0, 0.1) is 0 Å². The van der Waals surface area contributed by atoms with Crippen molar-refractivity contribution in [3.05, 3.63) is 12.2 Å². The van der Waals surface area contributed by atoms with Crippen LogP contribution in [-0.2, 0) is 4.84 Å². The molecule has 0 saturated heterocycles. The van der Waals surface area contributed by atoms with Gasteiger partial charge in [0.15, 0.2) is 0 Å². The first kappa shape index (κ1) is 8.66. The van der Waals surface area contributed by atoms with Gasteiger partial charge in [0.05, 0.1) is 6.10 Å². The Morgan fingerprint density at radius 3 is 2.44 bits per heavy atom. The Bertz CT molecular complexity index is 90.9. The molecular weight excluding hydrogens is 114 g/mol. The predicted molar refractivity (Wildman–Crippen MR) is 39.0 cm³/mol. The van der Waals surface area contributed by atoms with E-state index in [-0.39, 0.29) is 6.10 Å². The molecule has 1 atom stereocenters. The molecule has 0 fully saturated rings. The highest BCUT2D eigenvalue weighted by Crippen LogP contribution is 2.04. The van der Waals surface area contributed by atoms with Crippen molar-refractivity contribution in [2.45, 2.75) is 26.4 Å². The highest BCUT2D eigenvalue weighted by molar-refractivity contribution is 4.96. The maximum atomic E-state index is 5.10. The van der Waals surface area contributed by atoms with Gasteiger partial charge in [0.2, 0.25) is 0 Å². The highest BCUT2D eigenvalue weighted by Gasteiger charge is 2.04. The Hall–Kier alpha value is -0.340. The first-order valence-corrected chi connectivity index (χ1v) is 3.20. The molecule has 0 saturated carbocycles. The largest absolute Gasteiger partial charge is 0.294 e. The number of hydrogen-bond acceptors (Lipinski definition) is 2.